The average Bonchev–Trinajstić information content (AvgIpc) is 2.69. The molecule has 0 radical (unpaired) electrons. The van der Waals surface area contributed by atoms with Crippen molar-refractivity contribution in [1.29, 1.82) is 0 Å². The fourth-order valence-corrected chi connectivity index (χ4v) is 3.26. The molecule has 1 fully saturated rings. The van der Waals surface area contributed by atoms with E-state index in [0.717, 1.165) is 31.5 Å². The Kier molecular flexibility index (Phi) is 6.60. The minimum absolute atomic E-state index is 0.147. The molecule has 2 N–H and O–H groups in total. The molecule has 0 saturated carbocycles. The van der Waals surface area contributed by atoms with Gasteiger partial charge in [-0.25, -0.2) is 0 Å². The van der Waals surface area contributed by atoms with Crippen LogP contribution in [0.25, 0.3) is 0 Å². The fraction of sp³-hybridized carbons (Fsp3) is 0.381. The topological polar surface area (TPSA) is 50.4 Å². The Hall–Kier alpha value is -2.17. The minimum atomic E-state index is -0.258. The molecule has 1 heterocycles. The van der Waals surface area contributed by atoms with Gasteiger partial charge < -0.3 is 15.4 Å². The lowest BCUT2D eigenvalue weighted by Crippen LogP contribution is -2.47. The summed E-state index contributed by atoms with van der Waals surface area (Å²) in [6.45, 7) is 2.92. The summed E-state index contributed by atoms with van der Waals surface area (Å²) in [5, 5.41) is 6.80. The van der Waals surface area contributed by atoms with Crippen molar-refractivity contribution in [2.24, 2.45) is 5.92 Å². The second-order valence-electron chi connectivity index (χ2n) is 6.52. The van der Waals surface area contributed by atoms with Crippen molar-refractivity contribution in [1.82, 2.24) is 10.6 Å². The molecule has 1 aliphatic heterocycles. The molecule has 1 unspecified atom stereocenters. The summed E-state index contributed by atoms with van der Waals surface area (Å²) in [5.74, 6) is 0.167. The molecular formula is C21H26N2O2. The SMILES string of the molecule is O=C(OCc1ccccc1)C(NCc1ccccc1)C1CCNCC1. The van der Waals surface area contributed by atoms with Crippen molar-refractivity contribution < 1.29 is 9.53 Å². The largest absolute Gasteiger partial charge is 0.460 e. The van der Waals surface area contributed by atoms with Crippen LogP contribution in [0.2, 0.25) is 0 Å². The van der Waals surface area contributed by atoms with Gasteiger partial charge in [0.15, 0.2) is 0 Å². The number of ether oxygens (including phenoxy) is 1. The second-order valence-corrected chi connectivity index (χ2v) is 6.52. The third-order valence-electron chi connectivity index (χ3n) is 4.70. The summed E-state index contributed by atoms with van der Waals surface area (Å²) < 4.78 is 5.61. The van der Waals surface area contributed by atoms with E-state index >= 15 is 0 Å². The molecule has 1 saturated heterocycles. The number of hydrogen-bond donors (Lipinski definition) is 2. The highest BCUT2D eigenvalue weighted by Crippen LogP contribution is 2.19. The van der Waals surface area contributed by atoms with Crippen LogP contribution in [0.3, 0.4) is 0 Å². The summed E-state index contributed by atoms with van der Waals surface area (Å²) in [5.41, 5.74) is 2.19. The van der Waals surface area contributed by atoms with Gasteiger partial charge in [-0.05, 0) is 43.0 Å². The number of esters is 1. The van der Waals surface area contributed by atoms with Crippen LogP contribution < -0.4 is 10.6 Å². The predicted octanol–water partition coefficient (Wildman–Crippen LogP) is 2.89. The second kappa shape index (κ2) is 9.35. The van der Waals surface area contributed by atoms with Crippen molar-refractivity contribution in [2.75, 3.05) is 13.1 Å². The van der Waals surface area contributed by atoms with Gasteiger partial charge in [-0.1, -0.05) is 60.7 Å². The maximum absolute atomic E-state index is 12.7. The zero-order valence-electron chi connectivity index (χ0n) is 14.5. The van der Waals surface area contributed by atoms with E-state index in [0.29, 0.717) is 19.1 Å². The quantitative estimate of drug-likeness (QED) is 0.762. The first-order valence-electron chi connectivity index (χ1n) is 9.01. The monoisotopic (exact) mass is 338 g/mol. The number of rotatable bonds is 7. The van der Waals surface area contributed by atoms with Crippen LogP contribution in [0.1, 0.15) is 24.0 Å². The van der Waals surface area contributed by atoms with E-state index in [4.69, 9.17) is 4.74 Å². The Morgan fingerprint density at radius 3 is 2.24 bits per heavy atom. The molecule has 0 spiro atoms. The third-order valence-corrected chi connectivity index (χ3v) is 4.70. The molecule has 0 aromatic heterocycles. The van der Waals surface area contributed by atoms with E-state index in [2.05, 4.69) is 22.8 Å². The Morgan fingerprint density at radius 1 is 1.00 bits per heavy atom. The lowest BCUT2D eigenvalue weighted by atomic mass is 9.90. The summed E-state index contributed by atoms with van der Waals surface area (Å²) in [6.07, 6.45) is 1.99. The molecule has 2 aromatic carbocycles. The fourth-order valence-electron chi connectivity index (χ4n) is 3.26. The van der Waals surface area contributed by atoms with Crippen LogP contribution in [0.5, 0.6) is 0 Å². The number of hydrogen-bond acceptors (Lipinski definition) is 4. The zero-order valence-corrected chi connectivity index (χ0v) is 14.5. The van der Waals surface area contributed by atoms with Crippen molar-refractivity contribution in [3.8, 4) is 0 Å². The first kappa shape index (κ1) is 17.6. The summed E-state index contributed by atoms with van der Waals surface area (Å²) >= 11 is 0. The maximum atomic E-state index is 12.7. The molecule has 4 nitrogen and oxygen atoms in total. The van der Waals surface area contributed by atoms with Crippen LogP contribution in [0.15, 0.2) is 60.7 Å². The van der Waals surface area contributed by atoms with E-state index in [1.807, 2.05) is 48.5 Å². The molecule has 1 atom stereocenters. The number of carbonyl (C=O) groups is 1. The lowest BCUT2D eigenvalue weighted by Gasteiger charge is -2.30. The molecule has 25 heavy (non-hydrogen) atoms. The number of nitrogens with one attached hydrogen (secondary N) is 2. The van der Waals surface area contributed by atoms with Gasteiger partial charge in [0.05, 0.1) is 0 Å². The standard InChI is InChI=1S/C21H26N2O2/c24-21(25-16-18-9-5-2-6-10-18)20(19-11-13-22-14-12-19)23-15-17-7-3-1-4-8-17/h1-10,19-20,22-23H,11-16H2. The van der Waals surface area contributed by atoms with Crippen molar-refractivity contribution in [3.63, 3.8) is 0 Å². The van der Waals surface area contributed by atoms with E-state index in [1.165, 1.54) is 5.56 Å². The average molecular weight is 338 g/mol. The molecule has 132 valence electrons. The van der Waals surface area contributed by atoms with E-state index in [9.17, 15) is 4.79 Å². The minimum Gasteiger partial charge on any atom is -0.460 e. The highest BCUT2D eigenvalue weighted by Gasteiger charge is 2.30. The van der Waals surface area contributed by atoms with Crippen molar-refractivity contribution >= 4 is 5.97 Å². The Labute approximate surface area is 149 Å². The molecule has 4 heteroatoms. The molecule has 0 bridgehead atoms. The third kappa shape index (κ3) is 5.41. The Bertz CT molecular complexity index is 639. The van der Waals surface area contributed by atoms with Crippen molar-refractivity contribution in [3.05, 3.63) is 71.8 Å². The van der Waals surface area contributed by atoms with Gasteiger partial charge in [0.2, 0.25) is 0 Å². The highest BCUT2D eigenvalue weighted by molar-refractivity contribution is 5.76. The van der Waals surface area contributed by atoms with Crippen LogP contribution in [0, 0.1) is 5.92 Å². The van der Waals surface area contributed by atoms with Crippen LogP contribution in [-0.2, 0) is 22.7 Å². The molecule has 0 amide bonds. The Morgan fingerprint density at radius 2 is 1.60 bits per heavy atom. The highest BCUT2D eigenvalue weighted by atomic mass is 16.5. The van der Waals surface area contributed by atoms with Gasteiger partial charge in [-0.2, -0.15) is 0 Å². The summed E-state index contributed by atoms with van der Waals surface area (Å²) in [4.78, 5) is 12.7. The van der Waals surface area contributed by atoms with E-state index in [-0.39, 0.29) is 12.0 Å². The number of piperidine rings is 1. The predicted molar refractivity (Wildman–Crippen MR) is 98.9 cm³/mol. The van der Waals surface area contributed by atoms with Gasteiger partial charge in [0, 0.05) is 6.54 Å². The van der Waals surface area contributed by atoms with Gasteiger partial charge in [0.1, 0.15) is 12.6 Å². The van der Waals surface area contributed by atoms with Crippen LogP contribution in [0.4, 0.5) is 0 Å². The molecular weight excluding hydrogens is 312 g/mol. The molecule has 1 aliphatic rings. The normalized spacial score (nSPS) is 16.3. The zero-order chi connectivity index (χ0) is 17.3. The molecule has 2 aromatic rings. The van der Waals surface area contributed by atoms with Crippen LogP contribution in [-0.4, -0.2) is 25.1 Å². The van der Waals surface area contributed by atoms with Crippen LogP contribution >= 0.6 is 0 Å². The smallest absolute Gasteiger partial charge is 0.323 e. The first-order valence-corrected chi connectivity index (χ1v) is 9.01. The number of benzene rings is 2. The summed E-state index contributed by atoms with van der Waals surface area (Å²) in [6, 6.07) is 19.8. The number of carbonyl (C=O) groups excluding carboxylic acids is 1. The van der Waals surface area contributed by atoms with Gasteiger partial charge in [0.25, 0.3) is 0 Å². The van der Waals surface area contributed by atoms with E-state index in [1.54, 1.807) is 0 Å². The first-order chi connectivity index (χ1) is 12.3. The van der Waals surface area contributed by atoms with Gasteiger partial charge in [-0.15, -0.1) is 0 Å². The molecule has 3 rings (SSSR count). The maximum Gasteiger partial charge on any atom is 0.323 e. The lowest BCUT2D eigenvalue weighted by molar-refractivity contribution is -0.149. The molecule has 0 aliphatic carbocycles. The van der Waals surface area contributed by atoms with E-state index < -0.39 is 0 Å². The summed E-state index contributed by atoms with van der Waals surface area (Å²) in [7, 11) is 0. The Balaban J connectivity index is 1.61. The van der Waals surface area contributed by atoms with Gasteiger partial charge in [-0.3, -0.25) is 4.79 Å². The van der Waals surface area contributed by atoms with Crippen molar-refractivity contribution in [2.45, 2.75) is 32.0 Å². The van der Waals surface area contributed by atoms with Gasteiger partial charge >= 0.3 is 5.97 Å².